The van der Waals surface area contributed by atoms with Crippen molar-refractivity contribution in [3.63, 3.8) is 0 Å². The van der Waals surface area contributed by atoms with Crippen LogP contribution in [0.25, 0.3) is 0 Å². The van der Waals surface area contributed by atoms with Crippen LogP contribution in [-0.2, 0) is 0 Å². The van der Waals surface area contributed by atoms with Crippen molar-refractivity contribution < 1.29 is 13.5 Å². The van der Waals surface area contributed by atoms with Crippen molar-refractivity contribution in [3.8, 4) is 5.75 Å². The normalized spacial score (nSPS) is 20.9. The summed E-state index contributed by atoms with van der Waals surface area (Å²) in [5, 5.41) is 0. The fourth-order valence-corrected chi connectivity index (χ4v) is 2.78. The topological polar surface area (TPSA) is 12.5 Å². The molecule has 1 saturated heterocycles. The molecule has 1 aromatic carbocycles. The third-order valence-corrected chi connectivity index (χ3v) is 4.18. The van der Waals surface area contributed by atoms with Gasteiger partial charge < -0.3 is 9.64 Å². The van der Waals surface area contributed by atoms with E-state index in [0.717, 1.165) is 30.6 Å². The number of allylic oxidation sites excluding steroid dienone is 1. The lowest BCUT2D eigenvalue weighted by molar-refractivity contribution is -0.0642. The minimum atomic E-state index is -2.61. The number of hydrogen-bond acceptors (Lipinski definition) is 2. The van der Waals surface area contributed by atoms with Crippen molar-refractivity contribution in [1.82, 2.24) is 4.90 Å². The smallest absolute Gasteiger partial charge is 0.265 e. The highest BCUT2D eigenvalue weighted by atomic mass is 19.3. The maximum atomic E-state index is 13.7. The monoisotopic (exact) mass is 293 g/mol. The van der Waals surface area contributed by atoms with Gasteiger partial charge in [-0.3, -0.25) is 0 Å². The maximum Gasteiger partial charge on any atom is 0.265 e. The van der Waals surface area contributed by atoms with Gasteiger partial charge in [-0.05, 0) is 50.3 Å². The van der Waals surface area contributed by atoms with Crippen LogP contribution in [0.4, 0.5) is 8.78 Å². The van der Waals surface area contributed by atoms with Crippen molar-refractivity contribution >= 4 is 0 Å². The molecule has 2 aliphatic rings. The molecule has 1 aromatic rings. The number of alkyl halides is 2. The number of nitrogens with zero attached hydrogens (tertiary/aromatic N) is 1. The molecule has 2 nitrogen and oxygen atoms in total. The summed E-state index contributed by atoms with van der Waals surface area (Å²) < 4.78 is 33.3. The van der Waals surface area contributed by atoms with Crippen LogP contribution in [0.2, 0.25) is 0 Å². The van der Waals surface area contributed by atoms with E-state index < -0.39 is 5.92 Å². The highest BCUT2D eigenvalue weighted by Gasteiger charge is 2.37. The Hall–Kier alpha value is -1.58. The number of rotatable bonds is 3. The van der Waals surface area contributed by atoms with Gasteiger partial charge in [0.15, 0.2) is 5.88 Å². The molecule has 1 saturated carbocycles. The van der Waals surface area contributed by atoms with E-state index in [9.17, 15) is 8.78 Å². The van der Waals surface area contributed by atoms with Crippen LogP contribution >= 0.6 is 0 Å². The lowest BCUT2D eigenvalue weighted by Crippen LogP contribution is -2.43. The molecule has 1 heterocycles. The lowest BCUT2D eigenvalue weighted by atomic mass is 9.92. The predicted octanol–water partition coefficient (Wildman–Crippen LogP) is 4.50. The molecule has 1 aliphatic carbocycles. The molecular weight excluding hydrogens is 272 g/mol. The van der Waals surface area contributed by atoms with Gasteiger partial charge in [0, 0.05) is 13.0 Å². The Bertz CT molecular complexity index is 530. The summed E-state index contributed by atoms with van der Waals surface area (Å²) in [4.78, 5) is 1.73. The zero-order valence-corrected chi connectivity index (χ0v) is 12.4. The lowest BCUT2D eigenvalue weighted by Gasteiger charge is -2.37. The van der Waals surface area contributed by atoms with Crippen molar-refractivity contribution in [2.24, 2.45) is 0 Å². The highest BCUT2D eigenvalue weighted by Crippen LogP contribution is 2.35. The number of piperidine rings is 1. The Morgan fingerprint density at radius 1 is 1.14 bits per heavy atom. The zero-order valence-electron chi connectivity index (χ0n) is 12.4. The number of benzene rings is 1. The molecule has 4 heteroatoms. The maximum absolute atomic E-state index is 13.7. The fraction of sp³-hybridized carbons (Fsp3) is 0.529. The summed E-state index contributed by atoms with van der Waals surface area (Å²) in [6.45, 7) is 2.44. The number of hydrogen-bond donors (Lipinski definition) is 0. The zero-order chi connectivity index (χ0) is 14.9. The first-order valence-electron chi connectivity index (χ1n) is 7.63. The number of aryl methyl sites for hydroxylation is 1. The molecule has 0 spiro atoms. The average Bonchev–Trinajstić information content (AvgIpc) is 2.37. The van der Waals surface area contributed by atoms with Gasteiger partial charge in [-0.25, -0.2) is 8.78 Å². The molecule has 0 atom stereocenters. The van der Waals surface area contributed by atoms with Crippen molar-refractivity contribution in [3.05, 3.63) is 41.3 Å². The van der Waals surface area contributed by atoms with Gasteiger partial charge in [-0.15, -0.1) is 0 Å². The third-order valence-electron chi connectivity index (χ3n) is 4.18. The Morgan fingerprint density at radius 3 is 2.43 bits per heavy atom. The van der Waals surface area contributed by atoms with Crippen LogP contribution in [0.3, 0.4) is 0 Å². The molecule has 3 rings (SSSR count). The Labute approximate surface area is 124 Å². The first-order chi connectivity index (χ1) is 10.0. The third kappa shape index (κ3) is 3.36. The Morgan fingerprint density at radius 2 is 1.86 bits per heavy atom. The molecule has 21 heavy (non-hydrogen) atoms. The van der Waals surface area contributed by atoms with Gasteiger partial charge in [0.25, 0.3) is 5.92 Å². The van der Waals surface area contributed by atoms with Crippen LogP contribution in [0.1, 0.15) is 37.7 Å². The number of ether oxygens (including phenoxy) is 1. The average molecular weight is 293 g/mol. The van der Waals surface area contributed by atoms with Gasteiger partial charge in [0.05, 0.1) is 6.54 Å². The van der Waals surface area contributed by atoms with E-state index in [0.29, 0.717) is 18.8 Å². The largest absolute Gasteiger partial charge is 0.441 e. The van der Waals surface area contributed by atoms with Crippen molar-refractivity contribution in [1.29, 1.82) is 0 Å². The summed E-state index contributed by atoms with van der Waals surface area (Å²) in [7, 11) is 0. The van der Waals surface area contributed by atoms with Gasteiger partial charge in [-0.1, -0.05) is 17.7 Å². The molecule has 0 N–H and O–H groups in total. The van der Waals surface area contributed by atoms with Gasteiger partial charge in [-0.2, -0.15) is 0 Å². The number of halogens is 2. The van der Waals surface area contributed by atoms with E-state index in [4.69, 9.17) is 4.74 Å². The molecule has 1 aliphatic heterocycles. The van der Waals surface area contributed by atoms with Gasteiger partial charge in [0.1, 0.15) is 5.75 Å². The Kier molecular flexibility index (Phi) is 3.87. The van der Waals surface area contributed by atoms with Crippen molar-refractivity contribution in [2.45, 2.75) is 45.0 Å². The van der Waals surface area contributed by atoms with E-state index in [-0.39, 0.29) is 13.0 Å². The Balaban J connectivity index is 1.80. The van der Waals surface area contributed by atoms with Crippen LogP contribution in [0.5, 0.6) is 5.75 Å². The standard InChI is InChI=1S/C17H21F2NO/c1-13-6-8-15(9-7-13)21-16(14-4-2-5-14)20-11-3-10-17(18,19)12-20/h6-9H,2-5,10-12H2,1H3. The highest BCUT2D eigenvalue weighted by molar-refractivity contribution is 5.29. The summed E-state index contributed by atoms with van der Waals surface area (Å²) in [6, 6.07) is 7.75. The summed E-state index contributed by atoms with van der Waals surface area (Å²) in [5.74, 6) is -1.21. The first-order valence-corrected chi connectivity index (χ1v) is 7.63. The van der Waals surface area contributed by atoms with Crippen LogP contribution < -0.4 is 4.74 Å². The predicted molar refractivity (Wildman–Crippen MR) is 78.4 cm³/mol. The first kappa shape index (κ1) is 14.4. The second kappa shape index (κ2) is 5.66. The van der Waals surface area contributed by atoms with E-state index in [1.165, 1.54) is 5.57 Å². The molecule has 0 unspecified atom stereocenters. The van der Waals surface area contributed by atoms with E-state index in [1.54, 1.807) is 4.90 Å². The quantitative estimate of drug-likeness (QED) is 0.761. The van der Waals surface area contributed by atoms with E-state index in [2.05, 4.69) is 0 Å². The van der Waals surface area contributed by atoms with E-state index in [1.807, 2.05) is 31.2 Å². The fourth-order valence-electron chi connectivity index (χ4n) is 2.78. The second-order valence-electron chi connectivity index (χ2n) is 6.06. The van der Waals surface area contributed by atoms with E-state index >= 15 is 0 Å². The van der Waals surface area contributed by atoms with Gasteiger partial charge in [0.2, 0.25) is 0 Å². The molecule has 0 bridgehead atoms. The van der Waals surface area contributed by atoms with Crippen LogP contribution in [-0.4, -0.2) is 23.9 Å². The summed E-state index contributed by atoms with van der Waals surface area (Å²) >= 11 is 0. The van der Waals surface area contributed by atoms with Gasteiger partial charge >= 0.3 is 0 Å². The molecule has 0 amide bonds. The SMILES string of the molecule is Cc1ccc(OC(=C2CCC2)N2CCCC(F)(F)C2)cc1. The second-order valence-corrected chi connectivity index (χ2v) is 6.06. The summed E-state index contributed by atoms with van der Waals surface area (Å²) in [5.41, 5.74) is 2.33. The van der Waals surface area contributed by atoms with Crippen LogP contribution in [0.15, 0.2) is 35.7 Å². The minimum absolute atomic E-state index is 0.0172. The number of likely N-dealkylation sites (tertiary alicyclic amines) is 1. The summed E-state index contributed by atoms with van der Waals surface area (Å²) in [6.07, 6.45) is 3.55. The minimum Gasteiger partial charge on any atom is -0.441 e. The van der Waals surface area contributed by atoms with Crippen molar-refractivity contribution in [2.75, 3.05) is 13.1 Å². The molecule has 0 aromatic heterocycles. The molecule has 114 valence electrons. The molecular formula is C17H21F2NO. The van der Waals surface area contributed by atoms with Crippen LogP contribution in [0, 0.1) is 6.92 Å². The molecule has 2 fully saturated rings. The molecule has 0 radical (unpaired) electrons.